The monoisotopic (exact) mass is 261 g/mol. The fourth-order valence-corrected chi connectivity index (χ4v) is 3.34. The Morgan fingerprint density at radius 1 is 1.32 bits per heavy atom. The second kappa shape index (κ2) is 5.47. The van der Waals surface area contributed by atoms with E-state index in [4.69, 9.17) is 0 Å². The molecule has 19 heavy (non-hydrogen) atoms. The van der Waals surface area contributed by atoms with E-state index >= 15 is 0 Å². The second-order valence-corrected chi connectivity index (χ2v) is 5.72. The Hall–Kier alpha value is -1.13. The molecule has 2 fully saturated rings. The molecule has 3 heterocycles. The lowest BCUT2D eigenvalue weighted by Crippen LogP contribution is -2.35. The summed E-state index contributed by atoms with van der Waals surface area (Å²) in [6.07, 6.45) is 5.28. The quantitative estimate of drug-likeness (QED) is 0.901. The molecule has 2 unspecified atom stereocenters. The summed E-state index contributed by atoms with van der Waals surface area (Å²) >= 11 is 0. The van der Waals surface area contributed by atoms with Crippen molar-refractivity contribution in [2.45, 2.75) is 38.3 Å². The molecule has 0 saturated carbocycles. The van der Waals surface area contributed by atoms with E-state index in [9.17, 15) is 5.11 Å². The molecule has 0 amide bonds. The van der Waals surface area contributed by atoms with Crippen LogP contribution in [0.1, 0.15) is 37.9 Å². The summed E-state index contributed by atoms with van der Waals surface area (Å²) in [6, 6.07) is 4.56. The molecule has 0 aliphatic carbocycles. The number of hydrogen-bond acceptors (Lipinski definition) is 4. The minimum absolute atomic E-state index is 0.450. The molecule has 104 valence electrons. The van der Waals surface area contributed by atoms with E-state index in [1.165, 1.54) is 32.4 Å². The van der Waals surface area contributed by atoms with E-state index in [0.29, 0.717) is 6.04 Å². The summed E-state index contributed by atoms with van der Waals surface area (Å²) in [5.41, 5.74) is 0.949. The smallest absolute Gasteiger partial charge is 0.134 e. The standard InChI is InChI=1S/C15H23N3O/c1-12(19)14-5-4-7-16-15(14)18-10-6-13(11-18)17-8-2-3-9-17/h4-5,7,12-13,19H,2-3,6,8-11H2,1H3. The predicted molar refractivity (Wildman–Crippen MR) is 76.3 cm³/mol. The van der Waals surface area contributed by atoms with Crippen molar-refractivity contribution < 1.29 is 5.11 Å². The first-order chi connectivity index (χ1) is 9.25. The van der Waals surface area contributed by atoms with E-state index in [-0.39, 0.29) is 0 Å². The predicted octanol–water partition coefficient (Wildman–Crippen LogP) is 1.81. The lowest BCUT2D eigenvalue weighted by molar-refractivity contribution is 0.199. The third-order valence-corrected chi connectivity index (χ3v) is 4.39. The van der Waals surface area contributed by atoms with Crippen molar-refractivity contribution >= 4 is 5.82 Å². The Morgan fingerprint density at radius 2 is 2.11 bits per heavy atom. The lowest BCUT2D eigenvalue weighted by Gasteiger charge is -2.25. The fourth-order valence-electron chi connectivity index (χ4n) is 3.34. The van der Waals surface area contributed by atoms with Crippen molar-refractivity contribution in [2.24, 2.45) is 0 Å². The largest absolute Gasteiger partial charge is 0.389 e. The first-order valence-corrected chi connectivity index (χ1v) is 7.37. The van der Waals surface area contributed by atoms with Crippen LogP contribution >= 0.6 is 0 Å². The highest BCUT2D eigenvalue weighted by molar-refractivity contribution is 5.49. The van der Waals surface area contributed by atoms with Crippen molar-refractivity contribution in [1.29, 1.82) is 0 Å². The van der Waals surface area contributed by atoms with Crippen LogP contribution in [0, 0.1) is 0 Å². The van der Waals surface area contributed by atoms with Gasteiger partial charge in [-0.3, -0.25) is 4.90 Å². The normalized spacial score (nSPS) is 26.0. The zero-order valence-electron chi connectivity index (χ0n) is 11.6. The van der Waals surface area contributed by atoms with Crippen molar-refractivity contribution in [3.8, 4) is 0 Å². The van der Waals surface area contributed by atoms with E-state index in [1.54, 1.807) is 0 Å². The molecule has 2 saturated heterocycles. The van der Waals surface area contributed by atoms with Crippen molar-refractivity contribution in [2.75, 3.05) is 31.1 Å². The number of anilines is 1. The molecule has 2 atom stereocenters. The Bertz CT molecular complexity index is 429. The molecule has 2 aliphatic heterocycles. The molecule has 0 spiro atoms. The van der Waals surface area contributed by atoms with Gasteiger partial charge in [0, 0.05) is 30.9 Å². The average molecular weight is 261 g/mol. The second-order valence-electron chi connectivity index (χ2n) is 5.72. The van der Waals surface area contributed by atoms with Crippen LogP contribution in [0.15, 0.2) is 18.3 Å². The van der Waals surface area contributed by atoms with Crippen LogP contribution < -0.4 is 4.90 Å². The number of aliphatic hydroxyl groups excluding tert-OH is 1. The highest BCUT2D eigenvalue weighted by atomic mass is 16.3. The maximum Gasteiger partial charge on any atom is 0.134 e. The summed E-state index contributed by atoms with van der Waals surface area (Å²) in [6.45, 7) is 6.43. The molecule has 0 radical (unpaired) electrons. The zero-order chi connectivity index (χ0) is 13.2. The van der Waals surface area contributed by atoms with Gasteiger partial charge >= 0.3 is 0 Å². The summed E-state index contributed by atoms with van der Waals surface area (Å²) in [5, 5.41) is 9.87. The van der Waals surface area contributed by atoms with E-state index < -0.39 is 6.10 Å². The number of aromatic nitrogens is 1. The zero-order valence-corrected chi connectivity index (χ0v) is 11.6. The highest BCUT2D eigenvalue weighted by Gasteiger charge is 2.30. The van der Waals surface area contributed by atoms with Crippen LogP contribution in [0.2, 0.25) is 0 Å². The molecule has 1 N–H and O–H groups in total. The van der Waals surface area contributed by atoms with Gasteiger partial charge in [0.15, 0.2) is 0 Å². The maximum absolute atomic E-state index is 9.87. The number of hydrogen-bond donors (Lipinski definition) is 1. The van der Waals surface area contributed by atoms with Gasteiger partial charge < -0.3 is 10.0 Å². The summed E-state index contributed by atoms with van der Waals surface area (Å²) in [5.74, 6) is 0.971. The number of rotatable bonds is 3. The Balaban J connectivity index is 1.73. The minimum atomic E-state index is -0.450. The van der Waals surface area contributed by atoms with E-state index in [1.807, 2.05) is 25.3 Å². The Kier molecular flexibility index (Phi) is 3.71. The minimum Gasteiger partial charge on any atom is -0.389 e. The molecule has 0 bridgehead atoms. The van der Waals surface area contributed by atoms with Gasteiger partial charge in [-0.2, -0.15) is 0 Å². The number of likely N-dealkylation sites (tertiary alicyclic amines) is 1. The van der Waals surface area contributed by atoms with Crippen LogP contribution in [0.5, 0.6) is 0 Å². The number of nitrogens with zero attached hydrogens (tertiary/aromatic N) is 3. The van der Waals surface area contributed by atoms with Crippen molar-refractivity contribution in [1.82, 2.24) is 9.88 Å². The number of pyridine rings is 1. The Morgan fingerprint density at radius 3 is 2.84 bits per heavy atom. The average Bonchev–Trinajstić information content (AvgIpc) is 3.09. The molecule has 1 aromatic heterocycles. The SMILES string of the molecule is CC(O)c1cccnc1N1CCC(N2CCCC2)C1. The van der Waals surface area contributed by atoms with Crippen LogP contribution in [-0.2, 0) is 0 Å². The van der Waals surface area contributed by atoms with Crippen LogP contribution in [-0.4, -0.2) is 47.2 Å². The van der Waals surface area contributed by atoms with Gasteiger partial charge in [0.2, 0.25) is 0 Å². The van der Waals surface area contributed by atoms with Gasteiger partial charge in [-0.1, -0.05) is 6.07 Å². The molecule has 1 aromatic rings. The van der Waals surface area contributed by atoms with Crippen molar-refractivity contribution in [3.05, 3.63) is 23.9 Å². The van der Waals surface area contributed by atoms with Crippen molar-refractivity contribution in [3.63, 3.8) is 0 Å². The van der Waals surface area contributed by atoms with E-state index in [0.717, 1.165) is 24.5 Å². The van der Waals surface area contributed by atoms with Gasteiger partial charge in [-0.25, -0.2) is 4.98 Å². The lowest BCUT2D eigenvalue weighted by atomic mass is 10.1. The Labute approximate surface area is 115 Å². The molecule has 2 aliphatic rings. The van der Waals surface area contributed by atoms with Gasteiger partial charge in [-0.15, -0.1) is 0 Å². The molecule has 3 rings (SSSR count). The molecule has 4 heteroatoms. The van der Waals surface area contributed by atoms with Crippen LogP contribution in [0.4, 0.5) is 5.82 Å². The third-order valence-electron chi connectivity index (χ3n) is 4.39. The first-order valence-electron chi connectivity index (χ1n) is 7.37. The topological polar surface area (TPSA) is 39.6 Å². The molecule has 4 nitrogen and oxygen atoms in total. The highest BCUT2D eigenvalue weighted by Crippen LogP contribution is 2.29. The number of aliphatic hydroxyl groups is 1. The van der Waals surface area contributed by atoms with Gasteiger partial charge in [0.25, 0.3) is 0 Å². The maximum atomic E-state index is 9.87. The summed E-state index contributed by atoms with van der Waals surface area (Å²) < 4.78 is 0. The third kappa shape index (κ3) is 2.60. The summed E-state index contributed by atoms with van der Waals surface area (Å²) in [4.78, 5) is 9.44. The van der Waals surface area contributed by atoms with Gasteiger partial charge in [-0.05, 0) is 45.3 Å². The molecular formula is C15H23N3O. The first kappa shape index (κ1) is 12.9. The van der Waals surface area contributed by atoms with Gasteiger partial charge in [0.05, 0.1) is 6.10 Å². The fraction of sp³-hybridized carbons (Fsp3) is 0.667. The van der Waals surface area contributed by atoms with Gasteiger partial charge in [0.1, 0.15) is 5.82 Å². The molecular weight excluding hydrogens is 238 g/mol. The van der Waals surface area contributed by atoms with Crippen LogP contribution in [0.25, 0.3) is 0 Å². The summed E-state index contributed by atoms with van der Waals surface area (Å²) in [7, 11) is 0. The van der Waals surface area contributed by atoms with E-state index in [2.05, 4.69) is 14.8 Å². The molecule has 0 aromatic carbocycles. The van der Waals surface area contributed by atoms with Crippen LogP contribution in [0.3, 0.4) is 0 Å².